The van der Waals surface area contributed by atoms with E-state index in [-0.39, 0.29) is 17.9 Å². The van der Waals surface area contributed by atoms with Crippen molar-refractivity contribution in [1.29, 1.82) is 0 Å². The molecule has 1 unspecified atom stereocenters. The first-order valence-corrected chi connectivity index (χ1v) is 13.1. The predicted octanol–water partition coefficient (Wildman–Crippen LogP) is 3.56. The SMILES string of the molecule is CC(C)(C)C1(O[SiH3])C(O)(O)C[C@]23O[C@H]2C[C@H]2[C@@H]4CCC[C@@]4(C)CC[C@@H]2[C@@]3(C)C1(C)C. The van der Waals surface area contributed by atoms with E-state index in [1.54, 1.807) is 0 Å². The summed E-state index contributed by atoms with van der Waals surface area (Å²) in [6.07, 6.45) is 8.19. The van der Waals surface area contributed by atoms with Crippen molar-refractivity contribution in [2.75, 3.05) is 0 Å². The highest BCUT2D eigenvalue weighted by atomic mass is 28.2. The second-order valence-electron chi connectivity index (χ2n) is 13.6. The van der Waals surface area contributed by atoms with E-state index in [2.05, 4.69) is 48.5 Å². The van der Waals surface area contributed by atoms with E-state index in [4.69, 9.17) is 9.16 Å². The van der Waals surface area contributed by atoms with Gasteiger partial charge in [-0.05, 0) is 60.7 Å². The molecule has 5 fully saturated rings. The first-order chi connectivity index (χ1) is 13.7. The monoisotopic (exact) mass is 436 g/mol. The summed E-state index contributed by atoms with van der Waals surface area (Å²) in [5.41, 5.74) is -1.98. The second-order valence-corrected chi connectivity index (χ2v) is 14.1. The first kappa shape index (κ1) is 21.9. The molecule has 0 radical (unpaired) electrons. The Morgan fingerprint density at radius 3 is 2.27 bits per heavy atom. The Bertz CT molecular complexity index is 759. The third kappa shape index (κ3) is 2.05. The van der Waals surface area contributed by atoms with Crippen LogP contribution in [0, 0.1) is 39.4 Å². The standard InChI is InChI=1S/C25H44O4Si/c1-19(2,3)25(29-30)20(4,5)22(7)17-10-12-21(6)11-8-9-16(21)15(17)13-18-23(22,28-18)14-24(25,26)27/h15-18,26-27H,8-14H2,1-7,30H3/t15-,16-,17-,18-,21-,22-,23-,25?/m0/s1. The van der Waals surface area contributed by atoms with E-state index in [0.29, 0.717) is 27.7 Å². The fourth-order valence-corrected chi connectivity index (χ4v) is 12.2. The lowest BCUT2D eigenvalue weighted by molar-refractivity contribution is -0.393. The number of rotatable bonds is 1. The number of hydrogen-bond donors (Lipinski definition) is 2. The van der Waals surface area contributed by atoms with Gasteiger partial charge in [0.15, 0.2) is 5.79 Å². The van der Waals surface area contributed by atoms with Crippen molar-refractivity contribution in [1.82, 2.24) is 0 Å². The van der Waals surface area contributed by atoms with Gasteiger partial charge >= 0.3 is 0 Å². The number of fused-ring (bicyclic) bond motifs is 4. The summed E-state index contributed by atoms with van der Waals surface area (Å²) in [6.45, 7) is 15.9. The highest BCUT2D eigenvalue weighted by molar-refractivity contribution is 5.98. The Morgan fingerprint density at radius 1 is 1.00 bits per heavy atom. The van der Waals surface area contributed by atoms with Gasteiger partial charge in [-0.1, -0.05) is 54.9 Å². The first-order valence-electron chi connectivity index (χ1n) is 12.3. The zero-order valence-electron chi connectivity index (χ0n) is 20.5. The maximum Gasteiger partial charge on any atom is 0.195 e. The van der Waals surface area contributed by atoms with Gasteiger partial charge in [-0.15, -0.1) is 0 Å². The van der Waals surface area contributed by atoms with Crippen LogP contribution in [0.1, 0.15) is 93.4 Å². The van der Waals surface area contributed by atoms with Gasteiger partial charge in [-0.3, -0.25) is 0 Å². The fourth-order valence-electron chi connectivity index (χ4n) is 10.8. The zero-order valence-corrected chi connectivity index (χ0v) is 22.5. The van der Waals surface area contributed by atoms with Gasteiger partial charge in [0.25, 0.3) is 0 Å². The molecule has 0 aromatic rings. The van der Waals surface area contributed by atoms with E-state index < -0.39 is 27.8 Å². The molecule has 172 valence electrons. The van der Waals surface area contributed by atoms with Crippen LogP contribution in [-0.2, 0) is 9.16 Å². The smallest absolute Gasteiger partial charge is 0.195 e. The summed E-state index contributed by atoms with van der Waals surface area (Å²) in [5, 5.41) is 23.3. The summed E-state index contributed by atoms with van der Waals surface area (Å²) >= 11 is 0. The minimum Gasteiger partial charge on any atom is -0.416 e. The molecule has 5 heteroatoms. The maximum atomic E-state index is 11.7. The second kappa shape index (κ2) is 5.75. The highest BCUT2D eigenvalue weighted by Crippen LogP contribution is 2.81. The van der Waals surface area contributed by atoms with E-state index in [0.717, 1.165) is 12.3 Å². The van der Waals surface area contributed by atoms with Crippen molar-refractivity contribution < 1.29 is 19.4 Å². The van der Waals surface area contributed by atoms with Crippen LogP contribution in [0.5, 0.6) is 0 Å². The molecule has 2 N–H and O–H groups in total. The van der Waals surface area contributed by atoms with Crippen molar-refractivity contribution in [3.63, 3.8) is 0 Å². The molecular weight excluding hydrogens is 392 g/mol. The summed E-state index contributed by atoms with van der Waals surface area (Å²) in [4.78, 5) is 0. The Kier molecular flexibility index (Phi) is 4.20. The lowest BCUT2D eigenvalue weighted by atomic mass is 9.34. The lowest BCUT2D eigenvalue weighted by Gasteiger charge is -2.73. The van der Waals surface area contributed by atoms with Gasteiger partial charge in [-0.25, -0.2) is 0 Å². The summed E-state index contributed by atoms with van der Waals surface area (Å²) in [6, 6.07) is 0. The quantitative estimate of drug-likeness (QED) is 0.375. The molecule has 4 saturated carbocycles. The van der Waals surface area contributed by atoms with Gasteiger partial charge < -0.3 is 19.4 Å². The third-order valence-corrected chi connectivity index (χ3v) is 12.4. The van der Waals surface area contributed by atoms with Gasteiger partial charge in [0.1, 0.15) is 21.7 Å². The van der Waals surface area contributed by atoms with Crippen molar-refractivity contribution in [2.45, 2.75) is 117 Å². The van der Waals surface area contributed by atoms with Gasteiger partial charge in [0.2, 0.25) is 0 Å². The van der Waals surface area contributed by atoms with E-state index >= 15 is 0 Å². The normalized spacial score (nSPS) is 55.9. The van der Waals surface area contributed by atoms with Crippen molar-refractivity contribution in [3.8, 4) is 0 Å². The Morgan fingerprint density at radius 2 is 1.67 bits per heavy atom. The molecule has 0 aromatic carbocycles. The van der Waals surface area contributed by atoms with Crippen LogP contribution in [0.15, 0.2) is 0 Å². The molecule has 8 atom stereocenters. The van der Waals surface area contributed by atoms with Crippen LogP contribution in [0.4, 0.5) is 0 Å². The van der Waals surface area contributed by atoms with E-state index in [9.17, 15) is 10.2 Å². The molecule has 4 aliphatic carbocycles. The molecule has 4 nitrogen and oxygen atoms in total. The highest BCUT2D eigenvalue weighted by Gasteiger charge is 2.87. The minimum atomic E-state index is -1.91. The number of hydrogen-bond acceptors (Lipinski definition) is 4. The molecule has 1 saturated heterocycles. The molecule has 0 bridgehead atoms. The average Bonchev–Trinajstić information content (AvgIpc) is 3.13. The topological polar surface area (TPSA) is 62.2 Å². The van der Waals surface area contributed by atoms with Gasteiger partial charge in [0, 0.05) is 17.3 Å². The largest absolute Gasteiger partial charge is 0.416 e. The summed E-state index contributed by atoms with van der Waals surface area (Å²) in [7, 11) is 0.468. The van der Waals surface area contributed by atoms with Crippen LogP contribution >= 0.6 is 0 Å². The van der Waals surface area contributed by atoms with E-state index in [1.807, 2.05) is 0 Å². The number of aliphatic hydroxyl groups is 2. The molecule has 1 spiro atoms. The van der Waals surface area contributed by atoms with Crippen LogP contribution in [-0.4, -0.2) is 43.8 Å². The van der Waals surface area contributed by atoms with Crippen LogP contribution < -0.4 is 0 Å². The molecule has 5 aliphatic rings. The lowest BCUT2D eigenvalue weighted by Crippen LogP contribution is -2.82. The third-order valence-electron chi connectivity index (χ3n) is 11.8. The molecule has 5 rings (SSSR count). The van der Waals surface area contributed by atoms with Crippen LogP contribution in [0.3, 0.4) is 0 Å². The molecule has 0 amide bonds. The van der Waals surface area contributed by atoms with Crippen LogP contribution in [0.25, 0.3) is 0 Å². The number of epoxide rings is 1. The molecule has 1 heterocycles. The molecule has 1 aliphatic heterocycles. The predicted molar refractivity (Wildman–Crippen MR) is 121 cm³/mol. The van der Waals surface area contributed by atoms with Gasteiger partial charge in [-0.2, -0.15) is 0 Å². The van der Waals surface area contributed by atoms with E-state index in [1.165, 1.54) is 32.1 Å². The fraction of sp³-hybridized carbons (Fsp3) is 1.00. The average molecular weight is 437 g/mol. The summed E-state index contributed by atoms with van der Waals surface area (Å²) in [5.74, 6) is 0.126. The van der Waals surface area contributed by atoms with Crippen molar-refractivity contribution in [3.05, 3.63) is 0 Å². The Labute approximate surface area is 186 Å². The number of ether oxygens (including phenoxy) is 1. The van der Waals surface area contributed by atoms with Gasteiger partial charge in [0.05, 0.1) is 6.10 Å². The van der Waals surface area contributed by atoms with Crippen LogP contribution in [0.2, 0.25) is 0 Å². The molecule has 30 heavy (non-hydrogen) atoms. The van der Waals surface area contributed by atoms with Crippen molar-refractivity contribution >= 4 is 10.5 Å². The summed E-state index contributed by atoms with van der Waals surface area (Å²) < 4.78 is 13.0. The Hall–Kier alpha value is 0.0569. The molecule has 0 aromatic heterocycles. The molecular formula is C25H44O4Si. The Balaban J connectivity index is 1.69. The van der Waals surface area contributed by atoms with Crippen molar-refractivity contribution in [2.24, 2.45) is 39.4 Å². The zero-order chi connectivity index (χ0) is 22.2. The minimum absolute atomic E-state index is 0.149. The maximum absolute atomic E-state index is 11.7.